The smallest absolute Gasteiger partial charge is 0.303 e. The molecule has 0 spiro atoms. The second kappa shape index (κ2) is 9.71. The summed E-state index contributed by atoms with van der Waals surface area (Å²) in [5.41, 5.74) is 0.944. The van der Waals surface area contributed by atoms with Crippen LogP contribution in [0.4, 0.5) is 10.1 Å². The molecule has 0 unspecified atom stereocenters. The first kappa shape index (κ1) is 21.8. The molecule has 1 N–H and O–H groups in total. The molecule has 8 nitrogen and oxygen atoms in total. The van der Waals surface area contributed by atoms with Crippen LogP contribution in [0, 0.1) is 12.4 Å². The number of carboxylic acids is 1. The number of halogens is 1. The van der Waals surface area contributed by atoms with Crippen LogP contribution >= 0.6 is 0 Å². The zero-order valence-electron chi connectivity index (χ0n) is 17.0. The number of hydrogen-bond acceptors (Lipinski definition) is 6. The molecule has 160 valence electrons. The molecule has 2 aromatic carbocycles. The molecule has 0 saturated heterocycles. The minimum atomic E-state index is -0.913. The molecular weight excluding hydrogens is 405 g/mol. The SMILES string of the molecule is [C-]#[N+]c1cc(-c2nc(-c3ccc(OCCCC(=O)O)cc3F)no2)ccc1OC(C)C. The lowest BCUT2D eigenvalue weighted by atomic mass is 10.1. The van der Waals surface area contributed by atoms with Crippen molar-refractivity contribution in [3.63, 3.8) is 0 Å². The fourth-order valence-electron chi connectivity index (χ4n) is 2.72. The molecule has 3 rings (SSSR count). The highest BCUT2D eigenvalue weighted by Crippen LogP contribution is 2.34. The first-order chi connectivity index (χ1) is 14.9. The van der Waals surface area contributed by atoms with E-state index < -0.39 is 11.8 Å². The largest absolute Gasteiger partial charge is 0.502 e. The molecule has 3 aromatic rings. The number of rotatable bonds is 9. The van der Waals surface area contributed by atoms with E-state index in [4.69, 9.17) is 25.7 Å². The Balaban J connectivity index is 1.76. The van der Waals surface area contributed by atoms with Crippen molar-refractivity contribution >= 4 is 11.7 Å². The molecule has 1 aromatic heterocycles. The van der Waals surface area contributed by atoms with E-state index >= 15 is 0 Å². The van der Waals surface area contributed by atoms with Crippen molar-refractivity contribution in [1.82, 2.24) is 10.1 Å². The summed E-state index contributed by atoms with van der Waals surface area (Å²) in [6.45, 7) is 11.2. The Hall–Kier alpha value is -3.93. The van der Waals surface area contributed by atoms with E-state index in [9.17, 15) is 9.18 Å². The van der Waals surface area contributed by atoms with Crippen LogP contribution in [0.2, 0.25) is 0 Å². The molecule has 0 aliphatic rings. The zero-order valence-corrected chi connectivity index (χ0v) is 17.0. The molecular formula is C22H20FN3O5. The van der Waals surface area contributed by atoms with Crippen molar-refractivity contribution in [2.24, 2.45) is 0 Å². The third-order valence-corrected chi connectivity index (χ3v) is 4.10. The first-order valence-electron chi connectivity index (χ1n) is 9.54. The van der Waals surface area contributed by atoms with E-state index in [-0.39, 0.29) is 42.2 Å². The number of nitrogens with zero attached hydrogens (tertiary/aromatic N) is 3. The van der Waals surface area contributed by atoms with Gasteiger partial charge in [0.2, 0.25) is 11.5 Å². The van der Waals surface area contributed by atoms with E-state index in [1.165, 1.54) is 12.1 Å². The Labute approximate surface area is 178 Å². The second-order valence-corrected chi connectivity index (χ2v) is 6.87. The fraction of sp³-hybridized carbons (Fsp3) is 0.273. The van der Waals surface area contributed by atoms with Crippen LogP contribution in [-0.4, -0.2) is 33.9 Å². The molecule has 0 fully saturated rings. The number of carbonyl (C=O) groups is 1. The van der Waals surface area contributed by atoms with Crippen molar-refractivity contribution in [3.8, 4) is 34.3 Å². The summed E-state index contributed by atoms with van der Waals surface area (Å²) in [6.07, 6.45) is 0.223. The topological polar surface area (TPSA) is 99.0 Å². The van der Waals surface area contributed by atoms with Crippen LogP contribution in [0.5, 0.6) is 11.5 Å². The Morgan fingerprint density at radius 2 is 2.10 bits per heavy atom. The van der Waals surface area contributed by atoms with Gasteiger partial charge in [0, 0.05) is 18.1 Å². The third-order valence-electron chi connectivity index (χ3n) is 4.10. The lowest BCUT2D eigenvalue weighted by Crippen LogP contribution is -2.05. The molecule has 0 aliphatic carbocycles. The van der Waals surface area contributed by atoms with E-state index in [1.54, 1.807) is 24.3 Å². The van der Waals surface area contributed by atoms with Crippen molar-refractivity contribution in [2.45, 2.75) is 32.8 Å². The predicted molar refractivity (Wildman–Crippen MR) is 110 cm³/mol. The summed E-state index contributed by atoms with van der Waals surface area (Å²) < 4.78 is 30.7. The van der Waals surface area contributed by atoms with Crippen LogP contribution in [0.15, 0.2) is 40.9 Å². The number of aliphatic carboxylic acids is 1. The second-order valence-electron chi connectivity index (χ2n) is 6.87. The van der Waals surface area contributed by atoms with Crippen LogP contribution < -0.4 is 9.47 Å². The Bertz CT molecular complexity index is 1120. The van der Waals surface area contributed by atoms with Gasteiger partial charge in [-0.15, -0.1) is 0 Å². The van der Waals surface area contributed by atoms with E-state index in [0.29, 0.717) is 23.4 Å². The summed E-state index contributed by atoms with van der Waals surface area (Å²) >= 11 is 0. The molecule has 0 atom stereocenters. The maximum Gasteiger partial charge on any atom is 0.303 e. The Kier molecular flexibility index (Phi) is 6.82. The normalized spacial score (nSPS) is 10.7. The van der Waals surface area contributed by atoms with Crippen molar-refractivity contribution in [2.75, 3.05) is 6.61 Å². The summed E-state index contributed by atoms with van der Waals surface area (Å²) in [4.78, 5) is 18.2. The van der Waals surface area contributed by atoms with Crippen molar-refractivity contribution < 1.29 is 28.3 Å². The Morgan fingerprint density at radius 1 is 1.29 bits per heavy atom. The van der Waals surface area contributed by atoms with Gasteiger partial charge in [-0.25, -0.2) is 9.24 Å². The maximum absolute atomic E-state index is 14.5. The lowest BCUT2D eigenvalue weighted by molar-refractivity contribution is -0.137. The minimum absolute atomic E-state index is 0.0218. The molecule has 9 heteroatoms. The van der Waals surface area contributed by atoms with Crippen LogP contribution in [0.1, 0.15) is 26.7 Å². The van der Waals surface area contributed by atoms with Gasteiger partial charge in [0.05, 0.1) is 24.8 Å². The zero-order chi connectivity index (χ0) is 22.4. The molecule has 0 bridgehead atoms. The number of hydrogen-bond donors (Lipinski definition) is 1. The average Bonchev–Trinajstić information content (AvgIpc) is 3.21. The molecule has 1 heterocycles. The monoisotopic (exact) mass is 425 g/mol. The summed E-state index contributed by atoms with van der Waals surface area (Å²) in [5.74, 6) is -0.591. The summed E-state index contributed by atoms with van der Waals surface area (Å²) in [7, 11) is 0. The standard InChI is InChI=1S/C22H20FN3O5/c1-13(2)30-19-9-6-14(11-18(19)24-3)22-25-21(26-31-22)16-8-7-15(12-17(16)23)29-10-4-5-20(27)28/h6-9,11-13H,4-5,10H2,1-2H3,(H,27,28). The lowest BCUT2D eigenvalue weighted by Gasteiger charge is -2.11. The van der Waals surface area contributed by atoms with Gasteiger partial charge in [0.1, 0.15) is 17.3 Å². The third kappa shape index (κ3) is 5.57. The molecule has 31 heavy (non-hydrogen) atoms. The first-order valence-corrected chi connectivity index (χ1v) is 9.54. The summed E-state index contributed by atoms with van der Waals surface area (Å²) in [5, 5.41) is 12.5. The number of carboxylic acid groups (broad SMARTS) is 1. The highest BCUT2D eigenvalue weighted by molar-refractivity contribution is 5.69. The fourth-order valence-corrected chi connectivity index (χ4v) is 2.72. The van der Waals surface area contributed by atoms with Crippen molar-refractivity contribution in [3.05, 3.63) is 53.6 Å². The van der Waals surface area contributed by atoms with Gasteiger partial charge in [-0.2, -0.15) is 4.98 Å². The van der Waals surface area contributed by atoms with Gasteiger partial charge in [-0.1, -0.05) is 5.16 Å². The van der Waals surface area contributed by atoms with Gasteiger partial charge >= 0.3 is 5.97 Å². The molecule has 0 radical (unpaired) electrons. The minimum Gasteiger partial charge on any atom is -0.502 e. The summed E-state index contributed by atoms with van der Waals surface area (Å²) in [6, 6.07) is 9.11. The van der Waals surface area contributed by atoms with Gasteiger partial charge in [0.15, 0.2) is 0 Å². The van der Waals surface area contributed by atoms with E-state index in [0.717, 1.165) is 0 Å². The molecule has 0 aliphatic heterocycles. The van der Waals surface area contributed by atoms with Crippen LogP contribution in [0.3, 0.4) is 0 Å². The highest BCUT2D eigenvalue weighted by atomic mass is 19.1. The average molecular weight is 425 g/mol. The quantitative estimate of drug-likeness (QED) is 0.375. The predicted octanol–water partition coefficient (Wildman–Crippen LogP) is 5.12. The van der Waals surface area contributed by atoms with Gasteiger partial charge in [0.25, 0.3) is 5.89 Å². The number of ether oxygens (including phenoxy) is 2. The van der Waals surface area contributed by atoms with Gasteiger partial charge < -0.3 is 19.1 Å². The van der Waals surface area contributed by atoms with Crippen LogP contribution in [-0.2, 0) is 4.79 Å². The van der Waals surface area contributed by atoms with E-state index in [2.05, 4.69) is 15.0 Å². The van der Waals surface area contributed by atoms with Crippen molar-refractivity contribution in [1.29, 1.82) is 0 Å². The van der Waals surface area contributed by atoms with Gasteiger partial charge in [-0.3, -0.25) is 4.79 Å². The van der Waals surface area contributed by atoms with Crippen LogP contribution in [0.25, 0.3) is 27.7 Å². The number of aromatic nitrogens is 2. The molecule has 0 saturated carbocycles. The molecule has 0 amide bonds. The highest BCUT2D eigenvalue weighted by Gasteiger charge is 2.17. The number of benzene rings is 2. The van der Waals surface area contributed by atoms with Gasteiger partial charge in [-0.05, 0) is 50.6 Å². The maximum atomic E-state index is 14.5. The Morgan fingerprint density at radius 3 is 2.77 bits per heavy atom. The van der Waals surface area contributed by atoms with E-state index in [1.807, 2.05) is 13.8 Å².